The van der Waals surface area contributed by atoms with E-state index in [0.717, 1.165) is 52.9 Å². The van der Waals surface area contributed by atoms with Crippen LogP contribution in [0.1, 0.15) is 42.4 Å². The molecular formula is C31H35Cl2N3O4S. The van der Waals surface area contributed by atoms with Crippen LogP contribution >= 0.6 is 23.2 Å². The van der Waals surface area contributed by atoms with Crippen LogP contribution in [-0.2, 0) is 32.6 Å². The third-order valence-electron chi connectivity index (χ3n) is 7.27. The zero-order valence-corrected chi connectivity index (χ0v) is 25.6. The van der Waals surface area contributed by atoms with Gasteiger partial charge in [0.1, 0.15) is 12.6 Å². The minimum absolute atomic E-state index is 0.0529. The predicted molar refractivity (Wildman–Crippen MR) is 165 cm³/mol. The quantitative estimate of drug-likeness (QED) is 0.297. The van der Waals surface area contributed by atoms with E-state index in [-0.39, 0.29) is 35.6 Å². The molecule has 2 amide bonds. The predicted octanol–water partition coefficient (Wildman–Crippen LogP) is 5.77. The van der Waals surface area contributed by atoms with Gasteiger partial charge in [-0.25, -0.2) is 8.42 Å². The molecule has 4 rings (SSSR count). The summed E-state index contributed by atoms with van der Waals surface area (Å²) in [6.07, 6.45) is 5.18. The summed E-state index contributed by atoms with van der Waals surface area (Å²) in [5, 5.41) is 3.60. The first kappa shape index (κ1) is 30.9. The standard InChI is InChI=1S/C31H35Cl2N3O4S/c1-22-9-8-12-24(17-22)20-35(30(37)21-36(41(2,39)40)28-16-15-25(32)19-27(28)33)29(18-23-10-4-3-5-11-23)31(38)34-26-13-6-7-14-26/h3-5,8-12,15-17,19,26,29H,6-7,13-14,18,20-21H2,1-2H3,(H,34,38)/t29-/m1/s1. The number of anilines is 1. The highest BCUT2D eigenvalue weighted by Crippen LogP contribution is 2.31. The van der Waals surface area contributed by atoms with E-state index in [1.807, 2.05) is 61.5 Å². The lowest BCUT2D eigenvalue weighted by Gasteiger charge is -2.34. The highest BCUT2D eigenvalue weighted by atomic mass is 35.5. The summed E-state index contributed by atoms with van der Waals surface area (Å²) in [5.41, 5.74) is 2.87. The van der Waals surface area contributed by atoms with E-state index in [2.05, 4.69) is 5.32 Å². The average Bonchev–Trinajstić information content (AvgIpc) is 3.42. The maximum atomic E-state index is 14.2. The van der Waals surface area contributed by atoms with E-state index < -0.39 is 28.5 Å². The van der Waals surface area contributed by atoms with Crippen molar-refractivity contribution in [3.8, 4) is 0 Å². The van der Waals surface area contributed by atoms with Gasteiger partial charge in [0, 0.05) is 24.0 Å². The fraction of sp³-hybridized carbons (Fsp3) is 0.355. The maximum Gasteiger partial charge on any atom is 0.244 e. The Hall–Kier alpha value is -3.07. The summed E-state index contributed by atoms with van der Waals surface area (Å²) in [6.45, 7) is 1.55. The SMILES string of the molecule is Cc1cccc(CN(C(=O)CN(c2ccc(Cl)cc2Cl)S(C)(=O)=O)[C@H](Cc2ccccc2)C(=O)NC2CCCC2)c1. The molecule has 1 atom stereocenters. The molecule has 1 N–H and O–H groups in total. The number of nitrogens with one attached hydrogen (secondary N) is 1. The van der Waals surface area contributed by atoms with Crippen molar-refractivity contribution < 1.29 is 18.0 Å². The molecule has 3 aromatic rings. The van der Waals surface area contributed by atoms with Gasteiger partial charge in [-0.05, 0) is 49.1 Å². The van der Waals surface area contributed by atoms with Crippen molar-refractivity contribution in [3.05, 3.63) is 99.5 Å². The van der Waals surface area contributed by atoms with Gasteiger partial charge in [0.2, 0.25) is 21.8 Å². The first-order valence-electron chi connectivity index (χ1n) is 13.6. The topological polar surface area (TPSA) is 86.8 Å². The Balaban J connectivity index is 1.74. The molecule has 0 spiro atoms. The lowest BCUT2D eigenvalue weighted by atomic mass is 10.0. The van der Waals surface area contributed by atoms with Gasteiger partial charge >= 0.3 is 0 Å². The van der Waals surface area contributed by atoms with E-state index in [9.17, 15) is 18.0 Å². The molecule has 0 aromatic heterocycles. The third-order valence-corrected chi connectivity index (χ3v) is 8.93. The molecule has 41 heavy (non-hydrogen) atoms. The van der Waals surface area contributed by atoms with Crippen molar-refractivity contribution in [1.82, 2.24) is 10.2 Å². The van der Waals surface area contributed by atoms with E-state index >= 15 is 0 Å². The zero-order valence-electron chi connectivity index (χ0n) is 23.2. The zero-order chi connectivity index (χ0) is 29.6. The number of benzene rings is 3. The van der Waals surface area contributed by atoms with Crippen LogP contribution in [0.4, 0.5) is 5.69 Å². The summed E-state index contributed by atoms with van der Waals surface area (Å²) < 4.78 is 26.8. The van der Waals surface area contributed by atoms with Gasteiger partial charge in [-0.3, -0.25) is 13.9 Å². The molecule has 3 aromatic carbocycles. The minimum Gasteiger partial charge on any atom is -0.352 e. The van der Waals surface area contributed by atoms with Crippen LogP contribution in [0.5, 0.6) is 0 Å². The number of hydrogen-bond donors (Lipinski definition) is 1. The van der Waals surface area contributed by atoms with Crippen molar-refractivity contribution in [2.75, 3.05) is 17.1 Å². The maximum absolute atomic E-state index is 14.2. The van der Waals surface area contributed by atoms with Crippen molar-refractivity contribution in [3.63, 3.8) is 0 Å². The second-order valence-electron chi connectivity index (χ2n) is 10.6. The number of amides is 2. The van der Waals surface area contributed by atoms with Crippen LogP contribution in [-0.4, -0.2) is 50.0 Å². The Morgan fingerprint density at radius 2 is 1.63 bits per heavy atom. The molecule has 0 bridgehead atoms. The number of aryl methyl sites for hydroxylation is 1. The molecule has 0 aliphatic heterocycles. The molecule has 7 nitrogen and oxygen atoms in total. The summed E-state index contributed by atoms with van der Waals surface area (Å²) in [7, 11) is -3.93. The normalized spacial score (nSPS) is 14.4. The third kappa shape index (κ3) is 8.47. The van der Waals surface area contributed by atoms with Gasteiger partial charge in [0.15, 0.2) is 0 Å². The van der Waals surface area contributed by atoms with Gasteiger partial charge in [-0.15, -0.1) is 0 Å². The smallest absolute Gasteiger partial charge is 0.244 e. The number of carbonyl (C=O) groups excluding carboxylic acids is 2. The van der Waals surface area contributed by atoms with Gasteiger partial charge in [-0.2, -0.15) is 0 Å². The first-order chi connectivity index (χ1) is 19.5. The lowest BCUT2D eigenvalue weighted by Crippen LogP contribution is -2.54. The fourth-order valence-electron chi connectivity index (χ4n) is 5.21. The summed E-state index contributed by atoms with van der Waals surface area (Å²) in [6, 6.07) is 20.8. The molecule has 0 radical (unpaired) electrons. The molecule has 0 saturated heterocycles. The number of rotatable bonds is 11. The van der Waals surface area contributed by atoms with Crippen LogP contribution in [0.2, 0.25) is 10.0 Å². The van der Waals surface area contributed by atoms with Crippen LogP contribution < -0.4 is 9.62 Å². The summed E-state index contributed by atoms with van der Waals surface area (Å²) in [5.74, 6) is -0.775. The van der Waals surface area contributed by atoms with Crippen LogP contribution in [0.25, 0.3) is 0 Å². The molecule has 10 heteroatoms. The Labute approximate surface area is 252 Å². The number of sulfonamides is 1. The van der Waals surface area contributed by atoms with Gasteiger partial charge in [0.05, 0.1) is 17.0 Å². The van der Waals surface area contributed by atoms with Gasteiger partial charge in [-0.1, -0.05) is 96.2 Å². The summed E-state index contributed by atoms with van der Waals surface area (Å²) >= 11 is 12.4. The molecule has 218 valence electrons. The molecule has 1 aliphatic rings. The number of nitrogens with zero attached hydrogens (tertiary/aromatic N) is 2. The first-order valence-corrected chi connectivity index (χ1v) is 16.2. The molecule has 1 aliphatic carbocycles. The fourth-order valence-corrected chi connectivity index (χ4v) is 6.63. The Morgan fingerprint density at radius 1 is 0.951 bits per heavy atom. The van der Waals surface area contributed by atoms with E-state index in [1.54, 1.807) is 0 Å². The largest absolute Gasteiger partial charge is 0.352 e. The van der Waals surface area contributed by atoms with Crippen molar-refractivity contribution in [1.29, 1.82) is 0 Å². The number of halogens is 2. The van der Waals surface area contributed by atoms with Crippen LogP contribution in [0.3, 0.4) is 0 Å². The molecule has 1 fully saturated rings. The molecule has 0 heterocycles. The van der Waals surface area contributed by atoms with Gasteiger partial charge in [0.25, 0.3) is 0 Å². The Morgan fingerprint density at radius 3 is 2.27 bits per heavy atom. The lowest BCUT2D eigenvalue weighted by molar-refractivity contribution is -0.140. The van der Waals surface area contributed by atoms with Gasteiger partial charge < -0.3 is 10.2 Å². The monoisotopic (exact) mass is 615 g/mol. The second kappa shape index (κ2) is 13.7. The van der Waals surface area contributed by atoms with Crippen LogP contribution in [0, 0.1) is 6.92 Å². The Kier molecular flexibility index (Phi) is 10.3. The Bertz CT molecular complexity index is 1480. The van der Waals surface area contributed by atoms with Crippen LogP contribution in [0.15, 0.2) is 72.8 Å². The van der Waals surface area contributed by atoms with E-state index in [0.29, 0.717) is 5.02 Å². The summed E-state index contributed by atoms with van der Waals surface area (Å²) in [4.78, 5) is 29.6. The highest BCUT2D eigenvalue weighted by molar-refractivity contribution is 7.92. The van der Waals surface area contributed by atoms with E-state index in [4.69, 9.17) is 23.2 Å². The minimum atomic E-state index is -3.93. The molecular weight excluding hydrogens is 581 g/mol. The van der Waals surface area contributed by atoms with Crippen molar-refractivity contribution >= 4 is 50.7 Å². The highest BCUT2D eigenvalue weighted by Gasteiger charge is 2.34. The van der Waals surface area contributed by atoms with E-state index in [1.165, 1.54) is 23.1 Å². The van der Waals surface area contributed by atoms with Crippen molar-refractivity contribution in [2.24, 2.45) is 0 Å². The molecule has 0 unspecified atom stereocenters. The number of carbonyl (C=O) groups is 2. The second-order valence-corrected chi connectivity index (χ2v) is 13.3. The molecule has 1 saturated carbocycles. The average molecular weight is 617 g/mol. The van der Waals surface area contributed by atoms with Crippen molar-refractivity contribution in [2.45, 2.75) is 57.7 Å². The number of hydrogen-bond acceptors (Lipinski definition) is 4.